The molecule has 5 rings (SSSR count). The molecular formula is C25H35N7O2S. The van der Waals surface area contributed by atoms with Crippen molar-refractivity contribution >= 4 is 33.3 Å². The van der Waals surface area contributed by atoms with Crippen LogP contribution in [0.2, 0.25) is 0 Å². The van der Waals surface area contributed by atoms with Crippen LogP contribution in [0.1, 0.15) is 39.2 Å². The minimum absolute atomic E-state index is 0.00597. The molecule has 3 aromatic rings. The van der Waals surface area contributed by atoms with Gasteiger partial charge in [0, 0.05) is 50.4 Å². The summed E-state index contributed by atoms with van der Waals surface area (Å²) >= 11 is 1.59. The zero-order valence-corrected chi connectivity index (χ0v) is 21.8. The first kappa shape index (κ1) is 23.9. The number of hydrogen-bond donors (Lipinski definition) is 2. The number of aromatic nitrogens is 3. The summed E-state index contributed by atoms with van der Waals surface area (Å²) in [4.78, 5) is 22.5. The van der Waals surface area contributed by atoms with Gasteiger partial charge >= 0.3 is 6.03 Å². The first-order chi connectivity index (χ1) is 16.8. The number of nitrogens with one attached hydrogen (secondary N) is 2. The molecule has 2 N–H and O–H groups in total. The van der Waals surface area contributed by atoms with Crippen molar-refractivity contribution in [1.82, 2.24) is 24.8 Å². The van der Waals surface area contributed by atoms with Gasteiger partial charge in [0.2, 0.25) is 10.1 Å². The topological polar surface area (TPSA) is 87.0 Å². The SMILES string of the molecule is Cc1cccc(-c2nc3sc(N4CCN(C(=O)NC[C@H]5CCCO5)CC4)nn3c2NC(C)(C)C)c1. The number of carbonyl (C=O) groups excluding carboxylic acids is 1. The second kappa shape index (κ2) is 9.66. The average molecular weight is 498 g/mol. The monoisotopic (exact) mass is 497 g/mol. The number of aryl methyl sites for hydroxylation is 1. The molecule has 0 saturated carbocycles. The summed E-state index contributed by atoms with van der Waals surface area (Å²) in [6.45, 7) is 12.7. The number of amides is 2. The number of benzene rings is 1. The van der Waals surface area contributed by atoms with E-state index in [0.29, 0.717) is 19.6 Å². The number of rotatable bonds is 5. The highest BCUT2D eigenvalue weighted by molar-refractivity contribution is 7.20. The van der Waals surface area contributed by atoms with Crippen LogP contribution in [0.25, 0.3) is 16.2 Å². The Bertz CT molecular complexity index is 1180. The Morgan fingerprint density at radius 1 is 1.23 bits per heavy atom. The standard InChI is InChI=1S/C25H35N7O2S/c1-17-7-5-8-18(15-17)20-21(28-25(2,3)4)32-23(27-20)35-24(29-32)31-12-10-30(11-13-31)22(33)26-16-19-9-6-14-34-19/h5,7-8,15,19,28H,6,9-14,16H2,1-4H3,(H,26,33)/t19-/m1/s1. The molecule has 0 unspecified atom stereocenters. The Kier molecular flexibility index (Phi) is 6.59. The predicted molar refractivity (Wildman–Crippen MR) is 141 cm³/mol. The lowest BCUT2D eigenvalue weighted by atomic mass is 10.1. The lowest BCUT2D eigenvalue weighted by Gasteiger charge is -2.34. The van der Waals surface area contributed by atoms with E-state index in [0.717, 1.165) is 59.7 Å². The Labute approximate surface area is 210 Å². The van der Waals surface area contributed by atoms with Gasteiger partial charge in [0.25, 0.3) is 0 Å². The van der Waals surface area contributed by atoms with Crippen LogP contribution in [-0.2, 0) is 4.74 Å². The average Bonchev–Trinajstić information content (AvgIpc) is 3.55. The molecule has 0 bridgehead atoms. The molecule has 9 nitrogen and oxygen atoms in total. The summed E-state index contributed by atoms with van der Waals surface area (Å²) in [5.41, 5.74) is 3.06. The molecule has 0 radical (unpaired) electrons. The van der Waals surface area contributed by atoms with E-state index in [1.54, 1.807) is 11.3 Å². The van der Waals surface area contributed by atoms with Gasteiger partial charge in [-0.05, 0) is 46.6 Å². The summed E-state index contributed by atoms with van der Waals surface area (Å²) in [5, 5.41) is 12.5. The fourth-order valence-corrected chi connectivity index (χ4v) is 5.50. The van der Waals surface area contributed by atoms with Crippen molar-refractivity contribution in [2.45, 2.75) is 52.2 Å². The van der Waals surface area contributed by atoms with Gasteiger partial charge in [-0.2, -0.15) is 4.52 Å². The fourth-order valence-electron chi connectivity index (χ4n) is 4.55. The molecule has 1 aromatic carbocycles. The normalized spacial score (nSPS) is 18.9. The molecule has 0 aliphatic carbocycles. The van der Waals surface area contributed by atoms with E-state index in [4.69, 9.17) is 14.8 Å². The van der Waals surface area contributed by atoms with Crippen LogP contribution in [0.4, 0.5) is 15.7 Å². The van der Waals surface area contributed by atoms with E-state index in [9.17, 15) is 4.79 Å². The molecule has 1 atom stereocenters. The molecule has 2 aliphatic rings. The molecule has 188 valence electrons. The van der Waals surface area contributed by atoms with Crippen molar-refractivity contribution in [3.63, 3.8) is 0 Å². The Morgan fingerprint density at radius 2 is 2.03 bits per heavy atom. The van der Waals surface area contributed by atoms with Crippen molar-refractivity contribution in [2.24, 2.45) is 0 Å². The maximum Gasteiger partial charge on any atom is 0.317 e. The molecule has 2 fully saturated rings. The van der Waals surface area contributed by atoms with Gasteiger partial charge in [0.15, 0.2) is 5.82 Å². The van der Waals surface area contributed by atoms with Crippen molar-refractivity contribution in [1.29, 1.82) is 0 Å². The van der Waals surface area contributed by atoms with E-state index in [1.807, 2.05) is 9.42 Å². The highest BCUT2D eigenvalue weighted by Crippen LogP contribution is 2.35. The zero-order valence-electron chi connectivity index (χ0n) is 21.0. The molecule has 2 amide bonds. The van der Waals surface area contributed by atoms with Crippen molar-refractivity contribution in [3.05, 3.63) is 29.8 Å². The summed E-state index contributed by atoms with van der Waals surface area (Å²) < 4.78 is 7.54. The van der Waals surface area contributed by atoms with Gasteiger partial charge in [0.1, 0.15) is 5.69 Å². The second-order valence-corrected chi connectivity index (χ2v) is 11.4. The minimum Gasteiger partial charge on any atom is -0.376 e. The number of fused-ring (bicyclic) bond motifs is 1. The van der Waals surface area contributed by atoms with Gasteiger partial charge in [-0.25, -0.2) is 9.78 Å². The second-order valence-electron chi connectivity index (χ2n) is 10.4. The number of anilines is 2. The zero-order chi connectivity index (χ0) is 24.6. The number of imidazole rings is 1. The van der Waals surface area contributed by atoms with Gasteiger partial charge in [-0.3, -0.25) is 0 Å². The number of ether oxygens (including phenoxy) is 1. The molecule has 4 heterocycles. The summed E-state index contributed by atoms with van der Waals surface area (Å²) in [5.74, 6) is 0.910. The van der Waals surface area contributed by atoms with Crippen molar-refractivity contribution in [2.75, 3.05) is 49.5 Å². The first-order valence-corrected chi connectivity index (χ1v) is 13.2. The van der Waals surface area contributed by atoms with Crippen LogP contribution in [0.3, 0.4) is 0 Å². The highest BCUT2D eigenvalue weighted by Gasteiger charge is 2.27. The van der Waals surface area contributed by atoms with Crippen LogP contribution >= 0.6 is 11.3 Å². The third-order valence-electron chi connectivity index (χ3n) is 6.32. The van der Waals surface area contributed by atoms with Crippen molar-refractivity contribution < 1.29 is 9.53 Å². The lowest BCUT2D eigenvalue weighted by molar-refractivity contribution is 0.108. The summed E-state index contributed by atoms with van der Waals surface area (Å²) in [6, 6.07) is 8.40. The molecule has 2 aromatic heterocycles. The van der Waals surface area contributed by atoms with Crippen LogP contribution in [0, 0.1) is 6.92 Å². The maximum absolute atomic E-state index is 12.6. The summed E-state index contributed by atoms with van der Waals surface area (Å²) in [6.07, 6.45) is 2.26. The smallest absolute Gasteiger partial charge is 0.317 e. The van der Waals surface area contributed by atoms with E-state index < -0.39 is 0 Å². The van der Waals surface area contributed by atoms with Crippen LogP contribution in [-0.4, -0.2) is 76.5 Å². The number of piperazine rings is 1. The number of hydrogen-bond acceptors (Lipinski definition) is 7. The molecule has 10 heteroatoms. The van der Waals surface area contributed by atoms with Crippen LogP contribution in [0.15, 0.2) is 24.3 Å². The Balaban J connectivity index is 1.30. The fraction of sp³-hybridized carbons (Fsp3) is 0.560. The third kappa shape index (κ3) is 5.38. The molecular weight excluding hydrogens is 462 g/mol. The molecule has 2 aliphatic heterocycles. The summed E-state index contributed by atoms with van der Waals surface area (Å²) in [7, 11) is 0. The number of carbonyl (C=O) groups is 1. The van der Waals surface area contributed by atoms with Gasteiger partial charge < -0.3 is 25.2 Å². The Hall–Kier alpha value is -2.85. The van der Waals surface area contributed by atoms with Gasteiger partial charge in [0.05, 0.1) is 6.10 Å². The van der Waals surface area contributed by atoms with E-state index in [1.165, 1.54) is 5.56 Å². The predicted octanol–water partition coefficient (Wildman–Crippen LogP) is 3.99. The van der Waals surface area contributed by atoms with Crippen molar-refractivity contribution in [3.8, 4) is 11.3 Å². The number of urea groups is 1. The molecule has 0 spiro atoms. The van der Waals surface area contributed by atoms with Gasteiger partial charge in [-0.15, -0.1) is 5.10 Å². The van der Waals surface area contributed by atoms with E-state index in [2.05, 4.69) is 67.5 Å². The molecule has 2 saturated heterocycles. The van der Waals surface area contributed by atoms with Crippen LogP contribution in [0.5, 0.6) is 0 Å². The van der Waals surface area contributed by atoms with E-state index >= 15 is 0 Å². The molecule has 35 heavy (non-hydrogen) atoms. The maximum atomic E-state index is 12.6. The largest absolute Gasteiger partial charge is 0.376 e. The lowest BCUT2D eigenvalue weighted by Crippen LogP contribution is -2.52. The van der Waals surface area contributed by atoms with E-state index in [-0.39, 0.29) is 17.7 Å². The quantitative estimate of drug-likeness (QED) is 0.554. The number of nitrogens with zero attached hydrogens (tertiary/aromatic N) is 5. The first-order valence-electron chi connectivity index (χ1n) is 12.4. The Morgan fingerprint density at radius 3 is 2.71 bits per heavy atom. The third-order valence-corrected chi connectivity index (χ3v) is 7.29. The van der Waals surface area contributed by atoms with Crippen LogP contribution < -0.4 is 15.5 Å². The minimum atomic E-state index is -0.138. The van der Waals surface area contributed by atoms with Gasteiger partial charge in [-0.1, -0.05) is 35.1 Å². The highest BCUT2D eigenvalue weighted by atomic mass is 32.1.